The van der Waals surface area contributed by atoms with Crippen LogP contribution in [-0.2, 0) is 6.54 Å². The van der Waals surface area contributed by atoms with Crippen LogP contribution in [0.3, 0.4) is 0 Å². The number of carboxylic acid groups (broad SMARTS) is 1. The van der Waals surface area contributed by atoms with Gasteiger partial charge in [-0.1, -0.05) is 25.4 Å². The Balaban J connectivity index is 2.36. The topological polar surface area (TPSA) is 75.4 Å². The Hall–Kier alpha value is -1.36. The van der Waals surface area contributed by atoms with Gasteiger partial charge in [0.25, 0.3) is 0 Å². The molecule has 1 aromatic heterocycles. The predicted octanol–water partition coefficient (Wildman–Crippen LogP) is 2.29. The molecule has 96 valence electrons. The largest absolute Gasteiger partial charge is 0.476 e. The molecule has 0 aromatic carbocycles. The van der Waals surface area contributed by atoms with Crippen LogP contribution in [0.25, 0.3) is 0 Å². The lowest BCUT2D eigenvalue weighted by Gasteiger charge is -2.16. The van der Waals surface area contributed by atoms with E-state index >= 15 is 0 Å². The van der Waals surface area contributed by atoms with E-state index in [1.165, 1.54) is 6.07 Å². The predicted molar refractivity (Wildman–Crippen MR) is 63.8 cm³/mol. The number of nitrogens with zero attached hydrogens (tertiary/aromatic N) is 1. The van der Waals surface area contributed by atoms with Gasteiger partial charge in [-0.25, -0.2) is 4.79 Å². The zero-order valence-electron chi connectivity index (χ0n) is 10.6. The number of aromatic carboxylic acids is 1. The first-order valence-corrected chi connectivity index (χ1v) is 5.95. The number of carbonyl (C=O) groups is 1. The third kappa shape index (κ3) is 4.56. The van der Waals surface area contributed by atoms with Crippen molar-refractivity contribution in [3.05, 3.63) is 17.5 Å². The third-order valence-electron chi connectivity index (χ3n) is 2.86. The molecule has 0 saturated heterocycles. The van der Waals surface area contributed by atoms with Crippen LogP contribution in [0.2, 0.25) is 0 Å². The summed E-state index contributed by atoms with van der Waals surface area (Å²) < 4.78 is 4.91. The number of aromatic nitrogens is 1. The van der Waals surface area contributed by atoms with Gasteiger partial charge in [-0.3, -0.25) is 0 Å². The second-order valence-corrected chi connectivity index (χ2v) is 4.51. The van der Waals surface area contributed by atoms with Crippen molar-refractivity contribution in [2.75, 3.05) is 0 Å². The van der Waals surface area contributed by atoms with E-state index in [-0.39, 0.29) is 5.69 Å². The number of nitrogens with one attached hydrogen (secondary N) is 1. The van der Waals surface area contributed by atoms with Gasteiger partial charge in [-0.2, -0.15) is 0 Å². The molecule has 5 heteroatoms. The van der Waals surface area contributed by atoms with Gasteiger partial charge in [-0.15, -0.1) is 0 Å². The highest BCUT2D eigenvalue weighted by Gasteiger charge is 2.12. The Morgan fingerprint density at radius 3 is 2.82 bits per heavy atom. The quantitative estimate of drug-likeness (QED) is 0.764. The van der Waals surface area contributed by atoms with Crippen molar-refractivity contribution < 1.29 is 14.4 Å². The lowest BCUT2D eigenvalue weighted by atomic mass is 10.0. The molecule has 5 nitrogen and oxygen atoms in total. The summed E-state index contributed by atoms with van der Waals surface area (Å²) in [6.45, 7) is 7.01. The maximum absolute atomic E-state index is 10.6. The number of hydrogen-bond donors (Lipinski definition) is 2. The molecule has 2 N–H and O–H groups in total. The highest BCUT2D eigenvalue weighted by molar-refractivity contribution is 5.85. The van der Waals surface area contributed by atoms with Crippen molar-refractivity contribution in [1.29, 1.82) is 0 Å². The number of hydrogen-bond acceptors (Lipinski definition) is 4. The monoisotopic (exact) mass is 240 g/mol. The second kappa shape index (κ2) is 6.39. The molecular formula is C12H20N2O3. The molecule has 17 heavy (non-hydrogen) atoms. The van der Waals surface area contributed by atoms with Gasteiger partial charge in [-0.05, 0) is 19.3 Å². The summed E-state index contributed by atoms with van der Waals surface area (Å²) in [4.78, 5) is 10.6. The van der Waals surface area contributed by atoms with Crippen molar-refractivity contribution in [1.82, 2.24) is 10.5 Å². The molecule has 2 unspecified atom stereocenters. The van der Waals surface area contributed by atoms with Crippen LogP contribution in [-0.4, -0.2) is 22.3 Å². The van der Waals surface area contributed by atoms with Gasteiger partial charge in [0.15, 0.2) is 11.5 Å². The van der Waals surface area contributed by atoms with E-state index < -0.39 is 5.97 Å². The number of carboxylic acids is 1. The summed E-state index contributed by atoms with van der Waals surface area (Å²) in [5, 5.41) is 15.4. The summed E-state index contributed by atoms with van der Waals surface area (Å²) in [5.41, 5.74) is -0.0450. The molecule has 0 aliphatic heterocycles. The van der Waals surface area contributed by atoms with Crippen LogP contribution in [0.5, 0.6) is 0 Å². The standard InChI is InChI=1S/C12H20N2O3/c1-4-8(2)5-9(3)13-7-10-6-11(12(15)16)14-17-10/h6,8-9,13H,4-5,7H2,1-3H3,(H,15,16). The molecular weight excluding hydrogens is 220 g/mol. The average molecular weight is 240 g/mol. The van der Waals surface area contributed by atoms with Crippen molar-refractivity contribution in [3.63, 3.8) is 0 Å². The smallest absolute Gasteiger partial charge is 0.358 e. The summed E-state index contributed by atoms with van der Waals surface area (Å²) >= 11 is 0. The molecule has 0 fully saturated rings. The molecule has 0 aliphatic rings. The highest BCUT2D eigenvalue weighted by atomic mass is 16.5. The minimum absolute atomic E-state index is 0.0450. The van der Waals surface area contributed by atoms with Crippen molar-refractivity contribution in [2.24, 2.45) is 5.92 Å². The Morgan fingerprint density at radius 1 is 1.59 bits per heavy atom. The second-order valence-electron chi connectivity index (χ2n) is 4.51. The first-order valence-electron chi connectivity index (χ1n) is 5.95. The maximum Gasteiger partial charge on any atom is 0.358 e. The molecule has 1 heterocycles. The van der Waals surface area contributed by atoms with E-state index in [0.29, 0.717) is 24.3 Å². The summed E-state index contributed by atoms with van der Waals surface area (Å²) in [5.74, 6) is 0.174. The molecule has 0 amide bonds. The lowest BCUT2D eigenvalue weighted by Crippen LogP contribution is -2.27. The molecule has 0 aliphatic carbocycles. The molecule has 1 aromatic rings. The number of rotatable bonds is 7. The normalized spacial score (nSPS) is 14.5. The zero-order chi connectivity index (χ0) is 12.8. The van der Waals surface area contributed by atoms with Gasteiger partial charge < -0.3 is 14.9 Å². The highest BCUT2D eigenvalue weighted by Crippen LogP contribution is 2.10. The van der Waals surface area contributed by atoms with Gasteiger partial charge in [0.05, 0.1) is 6.54 Å². The van der Waals surface area contributed by atoms with Gasteiger partial charge >= 0.3 is 5.97 Å². The van der Waals surface area contributed by atoms with Gasteiger partial charge in [0.2, 0.25) is 0 Å². The van der Waals surface area contributed by atoms with E-state index in [0.717, 1.165) is 12.8 Å². The van der Waals surface area contributed by atoms with Crippen LogP contribution in [0, 0.1) is 5.92 Å². The summed E-state index contributed by atoms with van der Waals surface area (Å²) in [7, 11) is 0. The minimum Gasteiger partial charge on any atom is -0.476 e. The molecule has 1 rings (SSSR count). The fraction of sp³-hybridized carbons (Fsp3) is 0.667. The van der Waals surface area contributed by atoms with E-state index in [1.54, 1.807) is 0 Å². The fourth-order valence-corrected chi connectivity index (χ4v) is 1.63. The summed E-state index contributed by atoms with van der Waals surface area (Å²) in [6, 6.07) is 1.83. The van der Waals surface area contributed by atoms with Crippen LogP contribution in [0.1, 0.15) is 49.9 Å². The Kier molecular flexibility index (Phi) is 5.15. The van der Waals surface area contributed by atoms with Crippen molar-refractivity contribution >= 4 is 5.97 Å². The van der Waals surface area contributed by atoms with Crippen molar-refractivity contribution in [2.45, 2.75) is 46.2 Å². The summed E-state index contributed by atoms with van der Waals surface area (Å²) in [6.07, 6.45) is 2.26. The van der Waals surface area contributed by atoms with E-state index in [9.17, 15) is 4.79 Å². The lowest BCUT2D eigenvalue weighted by molar-refractivity contribution is 0.0685. The third-order valence-corrected chi connectivity index (χ3v) is 2.86. The molecule has 2 atom stereocenters. The fourth-order valence-electron chi connectivity index (χ4n) is 1.63. The molecule has 0 radical (unpaired) electrons. The molecule has 0 bridgehead atoms. The Bertz CT molecular complexity index is 362. The van der Waals surface area contributed by atoms with E-state index in [4.69, 9.17) is 9.63 Å². The van der Waals surface area contributed by atoms with Gasteiger partial charge in [0, 0.05) is 12.1 Å². The van der Waals surface area contributed by atoms with E-state index in [2.05, 4.69) is 31.2 Å². The van der Waals surface area contributed by atoms with Gasteiger partial charge in [0.1, 0.15) is 0 Å². The van der Waals surface area contributed by atoms with Crippen LogP contribution in [0.15, 0.2) is 10.6 Å². The average Bonchev–Trinajstić information content (AvgIpc) is 2.75. The van der Waals surface area contributed by atoms with Crippen molar-refractivity contribution in [3.8, 4) is 0 Å². The van der Waals surface area contributed by atoms with Crippen LogP contribution in [0.4, 0.5) is 0 Å². The Labute approximate surface area is 101 Å². The molecule has 0 saturated carbocycles. The minimum atomic E-state index is -1.06. The maximum atomic E-state index is 10.6. The first-order chi connectivity index (χ1) is 8.02. The Morgan fingerprint density at radius 2 is 2.29 bits per heavy atom. The van der Waals surface area contributed by atoms with Crippen LogP contribution >= 0.6 is 0 Å². The first kappa shape index (κ1) is 13.7. The van der Waals surface area contributed by atoms with E-state index in [1.807, 2.05) is 0 Å². The SMILES string of the molecule is CCC(C)CC(C)NCc1cc(C(=O)O)no1. The zero-order valence-corrected chi connectivity index (χ0v) is 10.6. The molecule has 0 spiro atoms. The van der Waals surface area contributed by atoms with Crippen LogP contribution < -0.4 is 5.32 Å².